The quantitative estimate of drug-likeness (QED) is 0.574. The van der Waals surface area contributed by atoms with Gasteiger partial charge in [0, 0.05) is 31.9 Å². The van der Waals surface area contributed by atoms with Gasteiger partial charge in [0.05, 0.1) is 6.61 Å². The molecule has 156 valence electrons. The number of nitrogens with one attached hydrogen (secondary N) is 2. The number of unbranched alkanes of at least 4 members (excludes halogenated alkanes) is 4. The normalized spacial score (nSPS) is 13.9. The fourth-order valence-corrected chi connectivity index (χ4v) is 3.49. The van der Waals surface area contributed by atoms with Crippen LogP contribution < -0.4 is 15.4 Å². The number of anilines is 1. The predicted octanol–water partition coefficient (Wildman–Crippen LogP) is 4.70. The van der Waals surface area contributed by atoms with Gasteiger partial charge in [-0.25, -0.2) is 4.79 Å². The standard InChI is InChI=1S/C24H33N3O2/c28-24(27-18-16-25-17-19-27)26-22-14-12-21(13-15-22)9-5-2-1-3-8-20-29-23-10-6-4-7-11-23/h4,6-7,10-15,25H,1-3,5,8-9,16-20H2,(H,26,28). The number of amides is 2. The molecule has 2 aromatic rings. The van der Waals surface area contributed by atoms with Crippen molar-refractivity contribution in [1.29, 1.82) is 0 Å². The predicted molar refractivity (Wildman–Crippen MR) is 119 cm³/mol. The van der Waals surface area contributed by atoms with Crippen LogP contribution >= 0.6 is 0 Å². The summed E-state index contributed by atoms with van der Waals surface area (Å²) in [6.45, 7) is 4.06. The van der Waals surface area contributed by atoms with Crippen molar-refractivity contribution in [2.45, 2.75) is 38.5 Å². The summed E-state index contributed by atoms with van der Waals surface area (Å²) in [4.78, 5) is 14.1. The van der Waals surface area contributed by atoms with Gasteiger partial charge < -0.3 is 20.3 Å². The zero-order chi connectivity index (χ0) is 20.2. The molecule has 1 aliphatic rings. The molecular weight excluding hydrogens is 362 g/mol. The summed E-state index contributed by atoms with van der Waals surface area (Å²) in [7, 11) is 0. The van der Waals surface area contributed by atoms with Gasteiger partial charge in [0.2, 0.25) is 0 Å². The molecule has 3 rings (SSSR count). The summed E-state index contributed by atoms with van der Waals surface area (Å²) in [6.07, 6.45) is 7.10. The van der Waals surface area contributed by atoms with Crippen LogP contribution in [0.2, 0.25) is 0 Å². The summed E-state index contributed by atoms with van der Waals surface area (Å²) in [5.74, 6) is 0.958. The monoisotopic (exact) mass is 395 g/mol. The van der Waals surface area contributed by atoms with Crippen molar-refractivity contribution in [3.63, 3.8) is 0 Å². The Balaban J connectivity index is 1.24. The molecule has 0 atom stereocenters. The second kappa shape index (κ2) is 12.1. The third-order valence-corrected chi connectivity index (χ3v) is 5.23. The Bertz CT molecular complexity index is 713. The topological polar surface area (TPSA) is 53.6 Å². The lowest BCUT2D eigenvalue weighted by Crippen LogP contribution is -2.48. The molecule has 2 aromatic carbocycles. The highest BCUT2D eigenvalue weighted by atomic mass is 16.5. The van der Waals surface area contributed by atoms with Crippen molar-refractivity contribution in [1.82, 2.24) is 10.2 Å². The number of piperazine rings is 1. The van der Waals surface area contributed by atoms with E-state index in [2.05, 4.69) is 22.8 Å². The van der Waals surface area contributed by atoms with Crippen LogP contribution in [0.5, 0.6) is 5.75 Å². The molecule has 5 nitrogen and oxygen atoms in total. The lowest BCUT2D eigenvalue weighted by Gasteiger charge is -2.27. The number of para-hydroxylation sites is 1. The minimum atomic E-state index is -0.00417. The molecule has 1 saturated heterocycles. The van der Waals surface area contributed by atoms with E-state index in [0.29, 0.717) is 0 Å². The molecule has 2 amide bonds. The van der Waals surface area contributed by atoms with Gasteiger partial charge in [-0.3, -0.25) is 0 Å². The van der Waals surface area contributed by atoms with Gasteiger partial charge in [-0.2, -0.15) is 0 Å². The average molecular weight is 396 g/mol. The minimum Gasteiger partial charge on any atom is -0.494 e. The van der Waals surface area contributed by atoms with Crippen molar-refractivity contribution in [2.24, 2.45) is 0 Å². The first-order chi connectivity index (χ1) is 14.3. The highest BCUT2D eigenvalue weighted by Crippen LogP contribution is 2.14. The number of hydrogen-bond acceptors (Lipinski definition) is 3. The lowest BCUT2D eigenvalue weighted by atomic mass is 10.1. The Morgan fingerprint density at radius 3 is 2.34 bits per heavy atom. The van der Waals surface area contributed by atoms with E-state index in [-0.39, 0.29) is 6.03 Å². The molecule has 0 radical (unpaired) electrons. The van der Waals surface area contributed by atoms with E-state index in [9.17, 15) is 4.79 Å². The second-order valence-electron chi connectivity index (χ2n) is 7.54. The number of rotatable bonds is 10. The van der Waals surface area contributed by atoms with E-state index in [1.54, 1.807) is 0 Å². The molecule has 1 fully saturated rings. The molecule has 1 aliphatic heterocycles. The van der Waals surface area contributed by atoms with Gasteiger partial charge in [-0.1, -0.05) is 49.6 Å². The van der Waals surface area contributed by atoms with E-state index < -0.39 is 0 Å². The molecule has 0 spiro atoms. The van der Waals surface area contributed by atoms with Gasteiger partial charge >= 0.3 is 6.03 Å². The fourth-order valence-electron chi connectivity index (χ4n) is 3.49. The van der Waals surface area contributed by atoms with Crippen molar-refractivity contribution in [2.75, 3.05) is 38.1 Å². The minimum absolute atomic E-state index is 0.00417. The van der Waals surface area contributed by atoms with Crippen LogP contribution in [0.25, 0.3) is 0 Å². The van der Waals surface area contributed by atoms with Crippen LogP contribution in [0.1, 0.15) is 37.7 Å². The second-order valence-corrected chi connectivity index (χ2v) is 7.54. The third kappa shape index (κ3) is 7.78. The number of hydrogen-bond donors (Lipinski definition) is 2. The maximum Gasteiger partial charge on any atom is 0.321 e. The van der Waals surface area contributed by atoms with E-state index >= 15 is 0 Å². The summed E-state index contributed by atoms with van der Waals surface area (Å²) >= 11 is 0. The average Bonchev–Trinajstić information content (AvgIpc) is 2.78. The zero-order valence-electron chi connectivity index (χ0n) is 17.2. The van der Waals surface area contributed by atoms with Crippen LogP contribution in [-0.4, -0.2) is 43.7 Å². The highest BCUT2D eigenvalue weighted by molar-refractivity contribution is 5.89. The summed E-state index contributed by atoms with van der Waals surface area (Å²) < 4.78 is 5.72. The van der Waals surface area contributed by atoms with Crippen LogP contribution in [0.4, 0.5) is 10.5 Å². The van der Waals surface area contributed by atoms with Crippen LogP contribution in [0.15, 0.2) is 54.6 Å². The van der Waals surface area contributed by atoms with E-state index in [0.717, 1.165) is 57.1 Å². The highest BCUT2D eigenvalue weighted by Gasteiger charge is 2.15. The summed E-state index contributed by atoms with van der Waals surface area (Å²) in [5.41, 5.74) is 2.20. The molecule has 0 aromatic heterocycles. The Hall–Kier alpha value is -2.53. The maximum absolute atomic E-state index is 12.2. The Morgan fingerprint density at radius 2 is 1.59 bits per heavy atom. The molecule has 2 N–H and O–H groups in total. The number of carbonyl (C=O) groups is 1. The Kier molecular flexibility index (Phi) is 8.86. The van der Waals surface area contributed by atoms with E-state index in [4.69, 9.17) is 4.74 Å². The first-order valence-electron chi connectivity index (χ1n) is 10.8. The number of carbonyl (C=O) groups excluding carboxylic acids is 1. The molecule has 0 saturated carbocycles. The fraction of sp³-hybridized carbons (Fsp3) is 0.458. The number of aryl methyl sites for hydroxylation is 1. The number of benzene rings is 2. The van der Waals surface area contributed by atoms with E-state index in [1.165, 1.54) is 31.2 Å². The van der Waals surface area contributed by atoms with Crippen LogP contribution in [0, 0.1) is 0 Å². The lowest BCUT2D eigenvalue weighted by molar-refractivity contribution is 0.204. The van der Waals surface area contributed by atoms with Gasteiger partial charge in [0.25, 0.3) is 0 Å². The summed E-state index contributed by atoms with van der Waals surface area (Å²) in [5, 5.41) is 6.25. The van der Waals surface area contributed by atoms with Crippen LogP contribution in [0.3, 0.4) is 0 Å². The molecule has 0 aliphatic carbocycles. The number of ether oxygens (including phenoxy) is 1. The molecule has 5 heteroatoms. The van der Waals surface area contributed by atoms with E-state index in [1.807, 2.05) is 47.4 Å². The maximum atomic E-state index is 12.2. The molecule has 0 unspecified atom stereocenters. The van der Waals surface area contributed by atoms with Gasteiger partial charge in [0.1, 0.15) is 5.75 Å². The molecular formula is C24H33N3O2. The van der Waals surface area contributed by atoms with Crippen LogP contribution in [-0.2, 0) is 6.42 Å². The Labute approximate surface area is 174 Å². The number of urea groups is 1. The summed E-state index contributed by atoms with van der Waals surface area (Å²) in [6, 6.07) is 18.3. The first-order valence-corrected chi connectivity index (χ1v) is 10.8. The van der Waals surface area contributed by atoms with Gasteiger partial charge in [0.15, 0.2) is 0 Å². The molecule has 29 heavy (non-hydrogen) atoms. The van der Waals surface area contributed by atoms with Gasteiger partial charge in [-0.05, 0) is 49.1 Å². The third-order valence-electron chi connectivity index (χ3n) is 5.23. The van der Waals surface area contributed by atoms with Crippen molar-refractivity contribution in [3.8, 4) is 5.75 Å². The first kappa shape index (κ1) is 21.2. The smallest absolute Gasteiger partial charge is 0.321 e. The number of nitrogens with zero attached hydrogens (tertiary/aromatic N) is 1. The largest absolute Gasteiger partial charge is 0.494 e. The molecule has 0 bridgehead atoms. The molecule has 1 heterocycles. The van der Waals surface area contributed by atoms with Gasteiger partial charge in [-0.15, -0.1) is 0 Å². The van der Waals surface area contributed by atoms with Crippen molar-refractivity contribution in [3.05, 3.63) is 60.2 Å². The van der Waals surface area contributed by atoms with Crippen molar-refractivity contribution >= 4 is 11.7 Å². The zero-order valence-corrected chi connectivity index (χ0v) is 17.2. The van der Waals surface area contributed by atoms with Crippen molar-refractivity contribution < 1.29 is 9.53 Å². The Morgan fingerprint density at radius 1 is 0.897 bits per heavy atom. The SMILES string of the molecule is O=C(Nc1ccc(CCCCCCCOc2ccccc2)cc1)N1CCNCC1.